The fraction of sp³-hybridized carbons (Fsp3) is 0.118. The minimum Gasteiger partial charge on any atom is -0.460 e. The molecule has 0 saturated carbocycles. The second kappa shape index (κ2) is 5.69. The van der Waals surface area contributed by atoms with Crippen molar-refractivity contribution in [2.24, 2.45) is 0 Å². The Kier molecular flexibility index (Phi) is 3.73. The maximum Gasteiger partial charge on any atom is 0.200 e. The van der Waals surface area contributed by atoms with Crippen LogP contribution < -0.4 is 5.43 Å². The van der Waals surface area contributed by atoms with E-state index in [-0.39, 0.29) is 35.3 Å². The van der Waals surface area contributed by atoms with Crippen LogP contribution in [0.5, 0.6) is 0 Å². The summed E-state index contributed by atoms with van der Waals surface area (Å²) in [7, 11) is 0. The third kappa shape index (κ3) is 2.51. The number of aliphatic hydroxyl groups excluding tert-OH is 1. The molecule has 0 spiro atoms. The molecule has 0 radical (unpaired) electrons. The van der Waals surface area contributed by atoms with Crippen molar-refractivity contribution in [2.75, 3.05) is 6.61 Å². The van der Waals surface area contributed by atoms with Gasteiger partial charge >= 0.3 is 0 Å². The Morgan fingerprint density at radius 2 is 1.82 bits per heavy atom. The van der Waals surface area contributed by atoms with Gasteiger partial charge in [0, 0.05) is 6.42 Å². The number of hydrogen-bond acceptors (Lipinski definition) is 3. The third-order valence-corrected chi connectivity index (χ3v) is 3.38. The molecule has 0 fully saturated rings. The van der Waals surface area contributed by atoms with Gasteiger partial charge in [0.25, 0.3) is 0 Å². The lowest BCUT2D eigenvalue weighted by Gasteiger charge is -2.09. The summed E-state index contributed by atoms with van der Waals surface area (Å²) in [5.41, 5.74) is 0.264. The number of hydrogen-bond donors (Lipinski definition) is 1. The fourth-order valence-electron chi connectivity index (χ4n) is 2.43. The molecule has 0 saturated heterocycles. The van der Waals surface area contributed by atoms with Crippen molar-refractivity contribution >= 4 is 11.0 Å². The van der Waals surface area contributed by atoms with Gasteiger partial charge in [-0.05, 0) is 35.9 Å². The van der Waals surface area contributed by atoms with E-state index < -0.39 is 17.1 Å². The van der Waals surface area contributed by atoms with Crippen LogP contribution >= 0.6 is 0 Å². The van der Waals surface area contributed by atoms with Gasteiger partial charge < -0.3 is 9.52 Å². The molecule has 0 aliphatic carbocycles. The SMILES string of the molecule is O=c1c(-c2cccc(F)c2)c(CCO)oc2ccc(F)cc12. The maximum atomic E-state index is 13.4. The zero-order valence-corrected chi connectivity index (χ0v) is 11.5. The van der Waals surface area contributed by atoms with Crippen LogP contribution in [0.1, 0.15) is 5.76 Å². The molecule has 3 nitrogen and oxygen atoms in total. The zero-order chi connectivity index (χ0) is 15.7. The lowest BCUT2D eigenvalue weighted by Crippen LogP contribution is -2.10. The molecule has 0 unspecified atom stereocenters. The predicted molar refractivity (Wildman–Crippen MR) is 78.6 cm³/mol. The minimum absolute atomic E-state index is 0.0842. The van der Waals surface area contributed by atoms with E-state index in [0.29, 0.717) is 5.56 Å². The van der Waals surface area contributed by atoms with Crippen LogP contribution in [0.15, 0.2) is 51.7 Å². The average Bonchev–Trinajstić information content (AvgIpc) is 2.49. The lowest BCUT2D eigenvalue weighted by atomic mass is 10.0. The van der Waals surface area contributed by atoms with E-state index in [1.54, 1.807) is 6.07 Å². The fourth-order valence-corrected chi connectivity index (χ4v) is 2.43. The molecule has 1 heterocycles. The van der Waals surface area contributed by atoms with Crippen molar-refractivity contribution in [3.05, 3.63) is 70.1 Å². The first kappa shape index (κ1) is 14.4. The van der Waals surface area contributed by atoms with Crippen LogP contribution in [0.25, 0.3) is 22.1 Å². The molecule has 3 aromatic rings. The highest BCUT2D eigenvalue weighted by molar-refractivity contribution is 5.82. The van der Waals surface area contributed by atoms with Gasteiger partial charge in [-0.1, -0.05) is 12.1 Å². The van der Waals surface area contributed by atoms with Crippen LogP contribution in [-0.2, 0) is 6.42 Å². The highest BCUT2D eigenvalue weighted by Gasteiger charge is 2.16. The number of fused-ring (bicyclic) bond motifs is 1. The minimum atomic E-state index is -0.556. The summed E-state index contributed by atoms with van der Waals surface area (Å²) in [4.78, 5) is 12.7. The van der Waals surface area contributed by atoms with Crippen molar-refractivity contribution in [3.8, 4) is 11.1 Å². The summed E-state index contributed by atoms with van der Waals surface area (Å²) < 4.78 is 32.4. The largest absolute Gasteiger partial charge is 0.460 e. The summed E-state index contributed by atoms with van der Waals surface area (Å²) >= 11 is 0. The first-order valence-corrected chi connectivity index (χ1v) is 6.72. The Bertz CT molecular complexity index is 900. The second-order valence-electron chi connectivity index (χ2n) is 4.85. The van der Waals surface area contributed by atoms with Gasteiger partial charge in [0.1, 0.15) is 23.0 Å². The van der Waals surface area contributed by atoms with Crippen molar-refractivity contribution < 1.29 is 18.3 Å². The Morgan fingerprint density at radius 1 is 1.05 bits per heavy atom. The molecule has 22 heavy (non-hydrogen) atoms. The molecular formula is C17H12F2O3. The highest BCUT2D eigenvalue weighted by atomic mass is 19.1. The monoisotopic (exact) mass is 302 g/mol. The Labute approximate surface area is 124 Å². The Hall–Kier alpha value is -2.53. The van der Waals surface area contributed by atoms with E-state index in [4.69, 9.17) is 9.52 Å². The van der Waals surface area contributed by atoms with E-state index >= 15 is 0 Å². The number of benzene rings is 2. The molecule has 112 valence electrons. The first-order chi connectivity index (χ1) is 10.6. The standard InChI is InChI=1S/C17H12F2O3/c18-11-3-1-2-10(8-11)16-15(6-7-20)22-14-5-4-12(19)9-13(14)17(16)21/h1-5,8-9,20H,6-7H2. The molecule has 0 aliphatic heterocycles. The van der Waals surface area contributed by atoms with Crippen LogP contribution in [-0.4, -0.2) is 11.7 Å². The summed E-state index contributed by atoms with van der Waals surface area (Å²) in [5.74, 6) is -0.803. The van der Waals surface area contributed by atoms with Crippen molar-refractivity contribution in [3.63, 3.8) is 0 Å². The van der Waals surface area contributed by atoms with Crippen LogP contribution in [0.3, 0.4) is 0 Å². The van der Waals surface area contributed by atoms with Crippen LogP contribution in [0, 0.1) is 11.6 Å². The van der Waals surface area contributed by atoms with Gasteiger partial charge in [-0.2, -0.15) is 0 Å². The Balaban J connectivity index is 2.37. The van der Waals surface area contributed by atoms with E-state index in [2.05, 4.69) is 0 Å². The average molecular weight is 302 g/mol. The predicted octanol–water partition coefficient (Wildman–Crippen LogP) is 3.27. The molecule has 3 rings (SSSR count). The van der Waals surface area contributed by atoms with E-state index in [1.165, 1.54) is 30.3 Å². The van der Waals surface area contributed by atoms with Gasteiger partial charge in [0.05, 0.1) is 17.6 Å². The highest BCUT2D eigenvalue weighted by Crippen LogP contribution is 2.26. The van der Waals surface area contributed by atoms with Gasteiger partial charge in [0.2, 0.25) is 5.43 Å². The van der Waals surface area contributed by atoms with E-state index in [9.17, 15) is 13.6 Å². The van der Waals surface area contributed by atoms with Crippen molar-refractivity contribution in [1.29, 1.82) is 0 Å². The quantitative estimate of drug-likeness (QED) is 0.808. The molecule has 5 heteroatoms. The van der Waals surface area contributed by atoms with Crippen molar-refractivity contribution in [1.82, 2.24) is 0 Å². The molecule has 2 aromatic carbocycles. The van der Waals surface area contributed by atoms with Crippen LogP contribution in [0.4, 0.5) is 8.78 Å². The molecule has 0 bridgehead atoms. The number of rotatable bonds is 3. The van der Waals surface area contributed by atoms with Gasteiger partial charge in [-0.25, -0.2) is 8.78 Å². The van der Waals surface area contributed by atoms with E-state index in [1.807, 2.05) is 0 Å². The topological polar surface area (TPSA) is 50.4 Å². The molecule has 0 amide bonds. The summed E-state index contributed by atoms with van der Waals surface area (Å²) in [6.07, 6.45) is 0.106. The molecule has 0 aliphatic rings. The zero-order valence-electron chi connectivity index (χ0n) is 11.5. The third-order valence-electron chi connectivity index (χ3n) is 3.38. The second-order valence-corrected chi connectivity index (χ2v) is 4.85. The summed E-state index contributed by atoms with van der Waals surface area (Å²) in [6, 6.07) is 9.16. The summed E-state index contributed by atoms with van der Waals surface area (Å²) in [5, 5.41) is 9.24. The smallest absolute Gasteiger partial charge is 0.200 e. The number of halogens is 2. The molecule has 0 atom stereocenters. The Morgan fingerprint density at radius 3 is 2.55 bits per heavy atom. The normalized spacial score (nSPS) is 11.0. The lowest BCUT2D eigenvalue weighted by molar-refractivity contribution is 0.289. The van der Waals surface area contributed by atoms with Gasteiger partial charge in [-0.3, -0.25) is 4.79 Å². The van der Waals surface area contributed by atoms with Gasteiger partial charge in [-0.15, -0.1) is 0 Å². The van der Waals surface area contributed by atoms with Crippen LogP contribution in [0.2, 0.25) is 0 Å². The molecule has 1 N–H and O–H groups in total. The molecule has 1 aromatic heterocycles. The van der Waals surface area contributed by atoms with Crippen molar-refractivity contribution in [2.45, 2.75) is 6.42 Å². The maximum absolute atomic E-state index is 13.4. The first-order valence-electron chi connectivity index (χ1n) is 6.72. The number of aliphatic hydroxyl groups is 1. The molecular weight excluding hydrogens is 290 g/mol. The van der Waals surface area contributed by atoms with E-state index in [0.717, 1.165) is 6.07 Å². The van der Waals surface area contributed by atoms with Gasteiger partial charge in [0.15, 0.2) is 0 Å². The summed E-state index contributed by atoms with van der Waals surface area (Å²) in [6.45, 7) is -0.224.